The average molecular weight is 497 g/mol. The lowest BCUT2D eigenvalue weighted by atomic mass is 10.2. The summed E-state index contributed by atoms with van der Waals surface area (Å²) >= 11 is 1.42. The number of urea groups is 1. The molecule has 1 aliphatic heterocycles. The van der Waals surface area contributed by atoms with Crippen LogP contribution in [0, 0.1) is 0 Å². The molecule has 3 amide bonds. The number of carbonyl (C=O) groups excluding carboxylic acids is 2. The minimum Gasteiger partial charge on any atom is -0.475 e. The number of likely N-dealkylation sites (tertiary alicyclic amines) is 1. The van der Waals surface area contributed by atoms with E-state index in [1.807, 2.05) is 32.9 Å². The van der Waals surface area contributed by atoms with Crippen LogP contribution in [0.15, 0.2) is 48.1 Å². The Bertz CT molecular complexity index is 1160. The first-order valence-electron chi connectivity index (χ1n) is 11.3. The Morgan fingerprint density at radius 2 is 1.89 bits per heavy atom. The third-order valence-corrected chi connectivity index (χ3v) is 5.96. The van der Waals surface area contributed by atoms with Gasteiger partial charge in [0.25, 0.3) is 0 Å². The molecule has 2 N–H and O–H groups in total. The number of nitrogens with one attached hydrogen (secondary N) is 2. The van der Waals surface area contributed by atoms with Gasteiger partial charge in [-0.25, -0.2) is 14.6 Å². The Kier molecular flexibility index (Phi) is 7.45. The van der Waals surface area contributed by atoms with E-state index < -0.39 is 11.6 Å². The van der Waals surface area contributed by atoms with Crippen molar-refractivity contribution in [3.05, 3.63) is 48.1 Å². The molecule has 0 saturated carbocycles. The second-order valence-corrected chi connectivity index (χ2v) is 9.85. The lowest BCUT2D eigenvalue weighted by molar-refractivity contribution is 0.0186. The molecule has 0 spiro atoms. The van der Waals surface area contributed by atoms with Crippen molar-refractivity contribution in [1.82, 2.24) is 19.9 Å². The van der Waals surface area contributed by atoms with Crippen molar-refractivity contribution in [1.29, 1.82) is 0 Å². The van der Waals surface area contributed by atoms with Gasteiger partial charge in [0.05, 0.1) is 6.04 Å². The van der Waals surface area contributed by atoms with E-state index >= 15 is 0 Å². The number of hydrogen-bond acceptors (Lipinski definition) is 8. The zero-order chi connectivity index (χ0) is 24.8. The molecule has 1 atom stereocenters. The van der Waals surface area contributed by atoms with Crippen molar-refractivity contribution in [3.63, 3.8) is 0 Å². The van der Waals surface area contributed by atoms with E-state index in [1.165, 1.54) is 11.3 Å². The van der Waals surface area contributed by atoms with Gasteiger partial charge in [0.15, 0.2) is 0 Å². The Hall–Kier alpha value is -3.73. The van der Waals surface area contributed by atoms with Crippen LogP contribution in [-0.4, -0.2) is 56.8 Å². The van der Waals surface area contributed by atoms with Crippen molar-refractivity contribution in [2.24, 2.45) is 0 Å². The molecule has 4 heterocycles. The Labute approximate surface area is 207 Å². The number of ether oxygens (including phenoxy) is 2. The highest BCUT2D eigenvalue weighted by molar-refractivity contribution is 7.13. The van der Waals surface area contributed by atoms with Gasteiger partial charge < -0.3 is 14.4 Å². The number of amides is 3. The zero-order valence-electron chi connectivity index (χ0n) is 19.9. The predicted octanol–water partition coefficient (Wildman–Crippen LogP) is 5.02. The molecule has 4 rings (SSSR count). The Morgan fingerprint density at radius 3 is 2.66 bits per heavy atom. The normalized spacial score (nSPS) is 15.5. The minimum atomic E-state index is -0.549. The van der Waals surface area contributed by atoms with Crippen molar-refractivity contribution in [2.75, 3.05) is 23.8 Å². The molecule has 35 heavy (non-hydrogen) atoms. The summed E-state index contributed by atoms with van der Waals surface area (Å²) in [4.78, 5) is 39.4. The number of aromatic nitrogens is 3. The molecule has 0 unspecified atom stereocenters. The molecule has 0 bridgehead atoms. The van der Waals surface area contributed by atoms with Gasteiger partial charge in [-0.05, 0) is 51.8 Å². The molecule has 184 valence electrons. The first-order valence-corrected chi connectivity index (χ1v) is 12.2. The molecule has 1 aliphatic rings. The summed E-state index contributed by atoms with van der Waals surface area (Å²) in [5, 5.41) is 7.94. The summed E-state index contributed by atoms with van der Waals surface area (Å²) in [7, 11) is 0. The first-order chi connectivity index (χ1) is 16.8. The molecule has 0 radical (unpaired) electrons. The summed E-state index contributed by atoms with van der Waals surface area (Å²) in [5.41, 5.74) is 0.379. The number of thiazole rings is 1. The number of pyridine rings is 2. The van der Waals surface area contributed by atoms with Crippen molar-refractivity contribution in [3.8, 4) is 16.5 Å². The monoisotopic (exact) mass is 496 g/mol. The van der Waals surface area contributed by atoms with Crippen LogP contribution in [0.25, 0.3) is 10.6 Å². The lowest BCUT2D eigenvalue weighted by Crippen LogP contribution is -2.42. The van der Waals surface area contributed by atoms with Gasteiger partial charge in [-0.3, -0.25) is 15.6 Å². The summed E-state index contributed by atoms with van der Waals surface area (Å²) < 4.78 is 11.3. The van der Waals surface area contributed by atoms with Crippen LogP contribution in [0.3, 0.4) is 0 Å². The van der Waals surface area contributed by atoms with Crippen LogP contribution >= 0.6 is 11.3 Å². The fourth-order valence-corrected chi connectivity index (χ4v) is 4.30. The standard InChI is InChI=1S/C24H28N6O4S/c1-24(2,3)34-23(32)30-13-5-6-17(30)14-33-20-8-4-7-18(26-20)28-22(31)29-19-15-35-21(27-19)16-9-11-25-12-10-16/h4,7-12,15,17H,5-6,13-14H2,1-3H3,(H2,26,28,29,31)/t17-/m1/s1. The van der Waals surface area contributed by atoms with Crippen LogP contribution in [0.1, 0.15) is 33.6 Å². The zero-order valence-corrected chi connectivity index (χ0v) is 20.7. The van der Waals surface area contributed by atoms with Crippen LogP contribution in [-0.2, 0) is 4.74 Å². The van der Waals surface area contributed by atoms with Crippen molar-refractivity contribution >= 4 is 35.1 Å². The fourth-order valence-electron chi connectivity index (χ4n) is 3.54. The van der Waals surface area contributed by atoms with Crippen LogP contribution in [0.2, 0.25) is 0 Å². The van der Waals surface area contributed by atoms with Crippen LogP contribution in [0.5, 0.6) is 5.88 Å². The molecule has 1 fully saturated rings. The Balaban J connectivity index is 1.30. The maximum atomic E-state index is 12.5. The van der Waals surface area contributed by atoms with Crippen molar-refractivity contribution < 1.29 is 19.1 Å². The molecule has 3 aromatic heterocycles. The predicted molar refractivity (Wildman–Crippen MR) is 134 cm³/mol. The minimum absolute atomic E-state index is 0.0918. The van der Waals surface area contributed by atoms with Gasteiger partial charge in [0, 0.05) is 35.9 Å². The van der Waals surface area contributed by atoms with E-state index in [0.717, 1.165) is 23.4 Å². The van der Waals surface area contributed by atoms with Gasteiger partial charge in [-0.15, -0.1) is 11.3 Å². The summed E-state index contributed by atoms with van der Waals surface area (Å²) in [6.45, 7) is 6.47. The molecule has 10 nitrogen and oxygen atoms in total. The third-order valence-electron chi connectivity index (χ3n) is 5.07. The highest BCUT2D eigenvalue weighted by Gasteiger charge is 2.32. The summed E-state index contributed by atoms with van der Waals surface area (Å²) in [5.74, 6) is 1.13. The SMILES string of the molecule is CC(C)(C)OC(=O)N1CCC[C@@H]1COc1cccc(NC(=O)Nc2csc(-c3ccncc3)n2)n1. The van der Waals surface area contributed by atoms with Gasteiger partial charge in [0.1, 0.15) is 28.9 Å². The number of hydrogen-bond donors (Lipinski definition) is 2. The fraction of sp³-hybridized carbons (Fsp3) is 0.375. The largest absolute Gasteiger partial charge is 0.475 e. The highest BCUT2D eigenvalue weighted by Crippen LogP contribution is 2.25. The molecule has 11 heteroatoms. The number of nitrogens with zero attached hydrogens (tertiary/aromatic N) is 4. The van der Waals surface area contributed by atoms with E-state index in [4.69, 9.17) is 9.47 Å². The van der Waals surface area contributed by atoms with E-state index in [9.17, 15) is 9.59 Å². The van der Waals surface area contributed by atoms with E-state index in [2.05, 4.69) is 25.6 Å². The third kappa shape index (κ3) is 6.89. The molecule has 0 aromatic carbocycles. The van der Waals surface area contributed by atoms with Crippen LogP contribution in [0.4, 0.5) is 21.2 Å². The first kappa shape index (κ1) is 24.4. The summed E-state index contributed by atoms with van der Waals surface area (Å²) in [6, 6.07) is 8.27. The maximum Gasteiger partial charge on any atom is 0.410 e. The quantitative estimate of drug-likeness (QED) is 0.492. The van der Waals surface area contributed by atoms with Crippen LogP contribution < -0.4 is 15.4 Å². The second-order valence-electron chi connectivity index (χ2n) is 8.99. The lowest BCUT2D eigenvalue weighted by Gasteiger charge is -2.28. The van der Waals surface area contributed by atoms with E-state index in [0.29, 0.717) is 30.7 Å². The number of carbonyl (C=O) groups is 2. The van der Waals surface area contributed by atoms with Gasteiger partial charge in [-0.1, -0.05) is 6.07 Å². The van der Waals surface area contributed by atoms with Crippen molar-refractivity contribution in [2.45, 2.75) is 45.3 Å². The van der Waals surface area contributed by atoms with E-state index in [-0.39, 0.29) is 12.1 Å². The molecular formula is C24H28N6O4S. The average Bonchev–Trinajstić information content (AvgIpc) is 3.47. The number of anilines is 2. The van der Waals surface area contributed by atoms with Gasteiger partial charge >= 0.3 is 12.1 Å². The summed E-state index contributed by atoms with van der Waals surface area (Å²) in [6.07, 6.45) is 4.77. The maximum absolute atomic E-state index is 12.5. The molecular weight excluding hydrogens is 468 g/mol. The van der Waals surface area contributed by atoms with E-state index in [1.54, 1.807) is 40.9 Å². The molecule has 0 aliphatic carbocycles. The second kappa shape index (κ2) is 10.7. The molecule has 3 aromatic rings. The topological polar surface area (TPSA) is 119 Å². The Morgan fingerprint density at radius 1 is 1.11 bits per heavy atom. The molecule has 1 saturated heterocycles. The van der Waals surface area contributed by atoms with Gasteiger partial charge in [0.2, 0.25) is 5.88 Å². The van der Waals surface area contributed by atoms with Gasteiger partial charge in [-0.2, -0.15) is 4.98 Å². The number of rotatable bonds is 6. The smallest absolute Gasteiger partial charge is 0.410 e. The highest BCUT2D eigenvalue weighted by atomic mass is 32.1.